The van der Waals surface area contributed by atoms with Gasteiger partial charge in [0.15, 0.2) is 0 Å². The molecule has 1 N–H and O–H groups in total. The van der Waals surface area contributed by atoms with Gasteiger partial charge < -0.3 is 5.32 Å². The molecule has 0 saturated heterocycles. The van der Waals surface area contributed by atoms with Crippen LogP contribution < -0.4 is 5.32 Å². The van der Waals surface area contributed by atoms with Gasteiger partial charge in [-0.2, -0.15) is 8.78 Å². The first-order valence-corrected chi connectivity index (χ1v) is 5.58. The summed E-state index contributed by atoms with van der Waals surface area (Å²) in [7, 11) is 0. The Morgan fingerprint density at radius 1 is 1.33 bits per heavy atom. The van der Waals surface area contributed by atoms with E-state index in [0.717, 1.165) is 0 Å². The second kappa shape index (κ2) is 5.69. The Kier molecular flexibility index (Phi) is 4.72. The predicted molar refractivity (Wildman–Crippen MR) is 60.6 cm³/mol. The summed E-state index contributed by atoms with van der Waals surface area (Å²) in [4.78, 5) is 7.84. The fourth-order valence-corrected chi connectivity index (χ4v) is 1.33. The Morgan fingerprint density at radius 3 is 2.44 bits per heavy atom. The van der Waals surface area contributed by atoms with Crippen LogP contribution in [0.15, 0.2) is 0 Å². The highest BCUT2D eigenvalue weighted by molar-refractivity contribution is 6.30. The van der Waals surface area contributed by atoms with Crippen LogP contribution in [0.25, 0.3) is 0 Å². The highest BCUT2D eigenvalue weighted by Gasteiger charge is 2.40. The molecule has 0 saturated carbocycles. The van der Waals surface area contributed by atoms with Gasteiger partial charge in [-0.05, 0) is 6.92 Å². The smallest absolute Gasteiger partial charge is 0.324 e. The van der Waals surface area contributed by atoms with Gasteiger partial charge in [0.2, 0.25) is 0 Å². The summed E-state index contributed by atoms with van der Waals surface area (Å²) in [5, 5.41) is 2.30. The third kappa shape index (κ3) is 3.44. The predicted octanol–water partition coefficient (Wildman–Crippen LogP) is 3.31. The highest BCUT2D eigenvalue weighted by Crippen LogP contribution is 2.25. The monoisotopic (exact) mass is 285 g/mol. The molecule has 18 heavy (non-hydrogen) atoms. The lowest BCUT2D eigenvalue weighted by Gasteiger charge is -2.17. The maximum Gasteiger partial charge on any atom is 0.324 e. The van der Waals surface area contributed by atoms with E-state index in [1.807, 2.05) is 0 Å². The maximum absolute atomic E-state index is 12.8. The summed E-state index contributed by atoms with van der Waals surface area (Å²) >= 11 is 5.78. The van der Waals surface area contributed by atoms with Gasteiger partial charge in [-0.25, -0.2) is 18.7 Å². The fourth-order valence-electron chi connectivity index (χ4n) is 1.14. The van der Waals surface area contributed by atoms with Crippen molar-refractivity contribution >= 4 is 17.4 Å². The highest BCUT2D eigenvalue weighted by atomic mass is 35.5. The lowest BCUT2D eigenvalue weighted by molar-refractivity contribution is -0.117. The van der Waals surface area contributed by atoms with Gasteiger partial charge in [-0.15, -0.1) is 0 Å². The van der Waals surface area contributed by atoms with E-state index in [9.17, 15) is 17.6 Å². The van der Waals surface area contributed by atoms with Crippen LogP contribution in [0.3, 0.4) is 0 Å². The van der Waals surface area contributed by atoms with Crippen LogP contribution in [0.4, 0.5) is 23.4 Å². The average molecular weight is 286 g/mol. The molecule has 102 valence electrons. The molecule has 0 aliphatic rings. The van der Waals surface area contributed by atoms with Gasteiger partial charge in [0.05, 0.1) is 6.54 Å². The molecular weight excluding hydrogens is 274 g/mol. The van der Waals surface area contributed by atoms with Crippen LogP contribution in [0.2, 0.25) is 5.15 Å². The second-order valence-electron chi connectivity index (χ2n) is 3.67. The Hall–Kier alpha value is -1.11. The SMILES string of the molecule is CCc1nc(Cl)c(C)c(NCC(F)(F)C(F)F)n1. The first kappa shape index (κ1) is 14.9. The van der Waals surface area contributed by atoms with Gasteiger partial charge >= 0.3 is 12.3 Å². The molecule has 0 radical (unpaired) electrons. The van der Waals surface area contributed by atoms with E-state index in [-0.39, 0.29) is 11.0 Å². The minimum Gasteiger partial charge on any atom is -0.363 e. The van der Waals surface area contributed by atoms with E-state index < -0.39 is 18.9 Å². The van der Waals surface area contributed by atoms with Crippen LogP contribution >= 0.6 is 11.6 Å². The van der Waals surface area contributed by atoms with Crippen LogP contribution in [0, 0.1) is 6.92 Å². The van der Waals surface area contributed by atoms with Crippen LogP contribution in [-0.2, 0) is 6.42 Å². The van der Waals surface area contributed by atoms with Crippen molar-refractivity contribution in [3.8, 4) is 0 Å². The minimum absolute atomic E-state index is 0.0483. The number of hydrogen-bond donors (Lipinski definition) is 1. The van der Waals surface area contributed by atoms with Gasteiger partial charge in [0.1, 0.15) is 16.8 Å². The van der Waals surface area contributed by atoms with Crippen molar-refractivity contribution in [2.75, 3.05) is 11.9 Å². The van der Waals surface area contributed by atoms with Crippen LogP contribution in [-0.4, -0.2) is 28.9 Å². The van der Waals surface area contributed by atoms with E-state index in [0.29, 0.717) is 17.8 Å². The Bertz CT molecular complexity index is 426. The Labute approximate surface area is 107 Å². The lowest BCUT2D eigenvalue weighted by atomic mass is 10.3. The molecule has 0 fully saturated rings. The van der Waals surface area contributed by atoms with Crippen molar-refractivity contribution in [1.29, 1.82) is 0 Å². The molecule has 0 bridgehead atoms. The summed E-state index contributed by atoms with van der Waals surface area (Å²) < 4.78 is 49.5. The minimum atomic E-state index is -4.11. The molecule has 0 aliphatic carbocycles. The fraction of sp³-hybridized carbons (Fsp3) is 0.600. The van der Waals surface area contributed by atoms with E-state index in [1.165, 1.54) is 6.92 Å². The third-order valence-corrected chi connectivity index (χ3v) is 2.63. The van der Waals surface area contributed by atoms with Gasteiger partial charge in [-0.1, -0.05) is 18.5 Å². The molecule has 0 spiro atoms. The molecule has 0 aromatic carbocycles. The molecule has 1 aromatic heterocycles. The molecule has 1 aromatic rings. The maximum atomic E-state index is 12.8. The van der Waals surface area contributed by atoms with Gasteiger partial charge in [0.25, 0.3) is 0 Å². The van der Waals surface area contributed by atoms with Crippen molar-refractivity contribution in [2.24, 2.45) is 0 Å². The summed E-state index contributed by atoms with van der Waals surface area (Å²) in [6.07, 6.45) is -3.27. The number of anilines is 1. The normalized spacial score (nSPS) is 12.0. The van der Waals surface area contributed by atoms with Crippen molar-refractivity contribution in [1.82, 2.24) is 9.97 Å². The largest absolute Gasteiger partial charge is 0.363 e. The van der Waals surface area contributed by atoms with Crippen molar-refractivity contribution in [2.45, 2.75) is 32.6 Å². The topological polar surface area (TPSA) is 37.8 Å². The van der Waals surface area contributed by atoms with Gasteiger partial charge in [-0.3, -0.25) is 0 Å². The van der Waals surface area contributed by atoms with Crippen molar-refractivity contribution < 1.29 is 17.6 Å². The number of halogens is 5. The van der Waals surface area contributed by atoms with Gasteiger partial charge in [0, 0.05) is 12.0 Å². The zero-order chi connectivity index (χ0) is 13.9. The molecule has 0 aliphatic heterocycles. The van der Waals surface area contributed by atoms with Crippen molar-refractivity contribution in [3.05, 3.63) is 16.5 Å². The zero-order valence-electron chi connectivity index (χ0n) is 9.78. The summed E-state index contributed by atoms with van der Waals surface area (Å²) in [5.74, 6) is -3.71. The van der Waals surface area contributed by atoms with Crippen molar-refractivity contribution in [3.63, 3.8) is 0 Å². The number of alkyl halides is 4. The lowest BCUT2D eigenvalue weighted by Crippen LogP contribution is -2.35. The molecule has 3 nitrogen and oxygen atoms in total. The first-order valence-electron chi connectivity index (χ1n) is 5.20. The quantitative estimate of drug-likeness (QED) is 0.666. The molecular formula is C10H12ClF4N3. The van der Waals surface area contributed by atoms with Crippen LogP contribution in [0.5, 0.6) is 0 Å². The molecule has 1 heterocycles. The van der Waals surface area contributed by atoms with E-state index in [4.69, 9.17) is 11.6 Å². The molecule has 8 heteroatoms. The van der Waals surface area contributed by atoms with Crippen LogP contribution in [0.1, 0.15) is 18.3 Å². The molecule has 0 unspecified atom stereocenters. The third-order valence-electron chi connectivity index (χ3n) is 2.26. The van der Waals surface area contributed by atoms with E-state index in [1.54, 1.807) is 6.92 Å². The average Bonchev–Trinajstić information content (AvgIpc) is 2.30. The number of nitrogens with one attached hydrogen (secondary N) is 1. The molecule has 1 rings (SSSR count). The number of aryl methyl sites for hydroxylation is 1. The Balaban J connectivity index is 2.88. The summed E-state index contributed by atoms with van der Waals surface area (Å²) in [5.41, 5.74) is 0.346. The number of nitrogens with zero attached hydrogens (tertiary/aromatic N) is 2. The number of hydrogen-bond acceptors (Lipinski definition) is 3. The zero-order valence-corrected chi connectivity index (χ0v) is 10.5. The second-order valence-corrected chi connectivity index (χ2v) is 4.03. The molecule has 0 amide bonds. The summed E-state index contributed by atoms with van der Waals surface area (Å²) in [6.45, 7) is 2.07. The number of aromatic nitrogens is 2. The summed E-state index contributed by atoms with van der Waals surface area (Å²) in [6, 6.07) is 0. The van der Waals surface area contributed by atoms with E-state index >= 15 is 0 Å². The van der Waals surface area contributed by atoms with E-state index in [2.05, 4.69) is 15.3 Å². The standard InChI is InChI=1S/C10H12ClF4N3/c1-3-6-17-7(11)5(2)8(18-6)16-4-10(14,15)9(12)13/h9H,3-4H2,1-2H3,(H,16,17,18). The number of rotatable bonds is 5. The molecule has 0 atom stereocenters. The Morgan fingerprint density at radius 2 is 1.94 bits per heavy atom. The first-order chi connectivity index (χ1) is 8.27.